The average Bonchev–Trinajstić information content (AvgIpc) is 2.68. The Kier molecular flexibility index (Phi) is 12.7. The number of likely N-dealkylation sites (tertiary alicyclic amines) is 1. The van der Waals surface area contributed by atoms with E-state index in [9.17, 15) is 27.6 Å². The number of nitrogens with zero attached hydrogens (tertiary/aromatic N) is 2. The lowest BCUT2D eigenvalue weighted by atomic mass is 9.85. The Morgan fingerprint density at radius 1 is 1.18 bits per heavy atom. The Morgan fingerprint density at radius 3 is 2.18 bits per heavy atom. The molecule has 7 nitrogen and oxygen atoms in total. The third-order valence-corrected chi connectivity index (χ3v) is 5.08. The van der Waals surface area contributed by atoms with Crippen LogP contribution in [-0.2, 0) is 14.4 Å². The van der Waals surface area contributed by atoms with Crippen LogP contribution in [0.3, 0.4) is 0 Å². The maximum atomic E-state index is 12.9. The van der Waals surface area contributed by atoms with Crippen LogP contribution in [0, 0.1) is 5.41 Å². The van der Waals surface area contributed by atoms with Crippen LogP contribution >= 0.6 is 0 Å². The summed E-state index contributed by atoms with van der Waals surface area (Å²) in [5.41, 5.74) is -0.619. The van der Waals surface area contributed by atoms with E-state index >= 15 is 0 Å². The highest BCUT2D eigenvalue weighted by Crippen LogP contribution is 2.26. The summed E-state index contributed by atoms with van der Waals surface area (Å²) in [6, 6.07) is -1.92. The lowest BCUT2D eigenvalue weighted by Crippen LogP contribution is -2.59. The standard InChI is InChI=1S/C20H32F3N3O4.C3H8/c1-13(18(29)30)9-11-25(5)17(28)15(19(2,3)4)24-16(27)14-8-6-7-10-26(14)12-20(21,22)23;1-3-2/h9,14-15H,6-8,10-12H2,1-5H3,(H,24,27)(H,29,30);3H2,1-2H3/b13-9+;. The number of hydrogen-bond donors (Lipinski definition) is 2. The number of hydrogen-bond acceptors (Lipinski definition) is 4. The van der Waals surface area contributed by atoms with Crippen molar-refractivity contribution >= 4 is 17.8 Å². The lowest BCUT2D eigenvalue weighted by molar-refractivity contribution is -0.159. The van der Waals surface area contributed by atoms with E-state index in [0.717, 1.165) is 4.90 Å². The first-order valence-corrected chi connectivity index (χ1v) is 11.3. The maximum Gasteiger partial charge on any atom is 0.401 e. The fourth-order valence-corrected chi connectivity index (χ4v) is 3.27. The topological polar surface area (TPSA) is 90.0 Å². The van der Waals surface area contributed by atoms with Gasteiger partial charge in [0.1, 0.15) is 6.04 Å². The SMILES string of the molecule is C/C(=C\CN(C)C(=O)C(NC(=O)C1CCCCN1CC(F)(F)F)C(C)(C)C)C(=O)O.CCC. The van der Waals surface area contributed by atoms with E-state index in [0.29, 0.717) is 19.3 Å². The van der Waals surface area contributed by atoms with Gasteiger partial charge in [0.15, 0.2) is 0 Å². The molecule has 1 heterocycles. The first-order chi connectivity index (χ1) is 15.0. The molecule has 1 saturated heterocycles. The van der Waals surface area contributed by atoms with E-state index in [4.69, 9.17) is 5.11 Å². The molecule has 1 aliphatic heterocycles. The van der Waals surface area contributed by atoms with Crippen LogP contribution in [0.1, 0.15) is 67.2 Å². The first-order valence-electron chi connectivity index (χ1n) is 11.3. The number of alkyl halides is 3. The molecule has 2 N–H and O–H groups in total. The number of carbonyl (C=O) groups is 3. The lowest BCUT2D eigenvalue weighted by Gasteiger charge is -2.38. The Labute approximate surface area is 195 Å². The predicted molar refractivity (Wildman–Crippen MR) is 122 cm³/mol. The van der Waals surface area contributed by atoms with Gasteiger partial charge in [-0.15, -0.1) is 0 Å². The summed E-state index contributed by atoms with van der Waals surface area (Å²) in [6.45, 7) is 9.93. The summed E-state index contributed by atoms with van der Waals surface area (Å²) in [5, 5.41) is 11.6. The van der Waals surface area contributed by atoms with Gasteiger partial charge >= 0.3 is 12.1 Å². The summed E-state index contributed by atoms with van der Waals surface area (Å²) in [7, 11) is 1.48. The minimum Gasteiger partial charge on any atom is -0.478 e. The van der Waals surface area contributed by atoms with Crippen molar-refractivity contribution in [3.05, 3.63) is 11.6 Å². The van der Waals surface area contributed by atoms with Crippen LogP contribution in [0.4, 0.5) is 13.2 Å². The molecule has 1 aliphatic rings. The van der Waals surface area contributed by atoms with Gasteiger partial charge in [-0.05, 0) is 31.7 Å². The number of carboxylic acid groups (broad SMARTS) is 1. The molecule has 192 valence electrons. The largest absolute Gasteiger partial charge is 0.478 e. The van der Waals surface area contributed by atoms with Crippen molar-refractivity contribution in [1.29, 1.82) is 0 Å². The van der Waals surface area contributed by atoms with Gasteiger partial charge in [0, 0.05) is 19.2 Å². The number of carboxylic acids is 1. The van der Waals surface area contributed by atoms with Gasteiger partial charge in [-0.3, -0.25) is 14.5 Å². The predicted octanol–water partition coefficient (Wildman–Crippen LogP) is 3.84. The van der Waals surface area contributed by atoms with Crippen LogP contribution in [0.2, 0.25) is 0 Å². The summed E-state index contributed by atoms with van der Waals surface area (Å²) in [4.78, 5) is 39.1. The number of amides is 2. The van der Waals surface area contributed by atoms with Gasteiger partial charge in [-0.2, -0.15) is 13.2 Å². The summed E-state index contributed by atoms with van der Waals surface area (Å²) >= 11 is 0. The van der Waals surface area contributed by atoms with Crippen molar-refractivity contribution in [2.45, 2.75) is 85.5 Å². The van der Waals surface area contributed by atoms with Gasteiger partial charge in [0.2, 0.25) is 11.8 Å². The molecule has 0 bridgehead atoms. The van der Waals surface area contributed by atoms with Gasteiger partial charge in [-0.25, -0.2) is 4.79 Å². The fraction of sp³-hybridized carbons (Fsp3) is 0.783. The Morgan fingerprint density at radius 2 is 1.73 bits per heavy atom. The molecule has 10 heteroatoms. The van der Waals surface area contributed by atoms with E-state index in [-0.39, 0.29) is 18.7 Å². The molecule has 0 saturated carbocycles. The summed E-state index contributed by atoms with van der Waals surface area (Å²) in [6.07, 6.45) is -0.264. The van der Waals surface area contributed by atoms with Crippen LogP contribution in [0.15, 0.2) is 11.6 Å². The summed E-state index contributed by atoms with van der Waals surface area (Å²) in [5.74, 6) is -2.14. The minimum absolute atomic E-state index is 0.0308. The molecule has 2 atom stereocenters. The second kappa shape index (κ2) is 13.6. The van der Waals surface area contributed by atoms with Crippen molar-refractivity contribution in [1.82, 2.24) is 15.1 Å². The zero-order valence-corrected chi connectivity index (χ0v) is 20.9. The van der Waals surface area contributed by atoms with Crippen LogP contribution in [-0.4, -0.2) is 77.6 Å². The van der Waals surface area contributed by atoms with Crippen molar-refractivity contribution in [3.8, 4) is 0 Å². The monoisotopic (exact) mass is 479 g/mol. The second-order valence-corrected chi connectivity index (χ2v) is 9.52. The van der Waals surface area contributed by atoms with Crippen molar-refractivity contribution in [2.75, 3.05) is 26.7 Å². The Bertz CT molecular complexity index is 687. The zero-order valence-electron chi connectivity index (χ0n) is 20.9. The zero-order chi connectivity index (χ0) is 26.0. The highest BCUT2D eigenvalue weighted by molar-refractivity contribution is 5.90. The molecule has 2 unspecified atom stereocenters. The number of halogens is 3. The van der Waals surface area contributed by atoms with Gasteiger partial charge in [0.05, 0.1) is 12.6 Å². The number of rotatable bonds is 7. The number of carbonyl (C=O) groups excluding carboxylic acids is 2. The molecule has 0 spiro atoms. The van der Waals surface area contributed by atoms with Gasteiger partial charge in [-0.1, -0.05) is 53.5 Å². The molecular formula is C23H40F3N3O4. The number of nitrogens with one attached hydrogen (secondary N) is 1. The van der Waals surface area contributed by atoms with E-state index in [2.05, 4.69) is 19.2 Å². The van der Waals surface area contributed by atoms with E-state index in [1.54, 1.807) is 20.8 Å². The van der Waals surface area contributed by atoms with Crippen molar-refractivity contribution in [3.63, 3.8) is 0 Å². The van der Waals surface area contributed by atoms with Crippen LogP contribution in [0.5, 0.6) is 0 Å². The van der Waals surface area contributed by atoms with Gasteiger partial charge < -0.3 is 15.3 Å². The number of piperidine rings is 1. The first kappa shape index (κ1) is 30.9. The van der Waals surface area contributed by atoms with E-state index < -0.39 is 48.0 Å². The molecule has 0 aromatic carbocycles. The molecule has 0 aliphatic carbocycles. The quantitative estimate of drug-likeness (QED) is 0.542. The van der Waals surface area contributed by atoms with E-state index in [1.165, 1.54) is 31.4 Å². The molecule has 1 fully saturated rings. The highest BCUT2D eigenvalue weighted by Gasteiger charge is 2.40. The minimum atomic E-state index is -4.41. The molecule has 0 aromatic heterocycles. The molecule has 2 amide bonds. The van der Waals surface area contributed by atoms with E-state index in [1.807, 2.05) is 0 Å². The van der Waals surface area contributed by atoms with Crippen molar-refractivity contribution in [2.24, 2.45) is 5.41 Å². The average molecular weight is 480 g/mol. The summed E-state index contributed by atoms with van der Waals surface area (Å²) < 4.78 is 38.7. The highest BCUT2D eigenvalue weighted by atomic mass is 19.4. The molecule has 0 aromatic rings. The third kappa shape index (κ3) is 11.5. The molecule has 1 rings (SSSR count). The molecule has 33 heavy (non-hydrogen) atoms. The van der Waals surface area contributed by atoms with Crippen LogP contribution < -0.4 is 5.32 Å². The molecule has 0 radical (unpaired) electrons. The Balaban J connectivity index is 0.00000322. The Hall–Kier alpha value is -2.10. The third-order valence-electron chi connectivity index (χ3n) is 5.08. The maximum absolute atomic E-state index is 12.9. The number of aliphatic carboxylic acids is 1. The second-order valence-electron chi connectivity index (χ2n) is 9.52. The van der Waals surface area contributed by atoms with Crippen LogP contribution in [0.25, 0.3) is 0 Å². The normalized spacial score (nSPS) is 18.6. The fourth-order valence-electron chi connectivity index (χ4n) is 3.27. The van der Waals surface area contributed by atoms with Crippen molar-refractivity contribution < 1.29 is 32.7 Å². The van der Waals surface area contributed by atoms with Gasteiger partial charge in [0.25, 0.3) is 0 Å². The number of likely N-dealkylation sites (N-methyl/N-ethyl adjacent to an activating group) is 1. The molecular weight excluding hydrogens is 439 g/mol. The smallest absolute Gasteiger partial charge is 0.401 e.